The molecule has 0 unspecified atom stereocenters. The number of halogens is 1. The molecule has 2 fully saturated rings. The number of morpholine rings is 1. The lowest BCUT2D eigenvalue weighted by atomic mass is 10.0. The van der Waals surface area contributed by atoms with Crippen molar-refractivity contribution < 1.29 is 23.5 Å². The predicted octanol–water partition coefficient (Wildman–Crippen LogP) is 3.78. The Kier molecular flexibility index (Phi) is 6.59. The van der Waals surface area contributed by atoms with Gasteiger partial charge in [-0.15, -0.1) is 0 Å². The highest BCUT2D eigenvalue weighted by atomic mass is 19.1. The zero-order valence-corrected chi connectivity index (χ0v) is 24.4. The number of rotatable bonds is 5. The number of fused-ring (bicyclic) bond motifs is 4. The Labute approximate surface area is 258 Å². The summed E-state index contributed by atoms with van der Waals surface area (Å²) >= 11 is 0. The van der Waals surface area contributed by atoms with Gasteiger partial charge in [-0.05, 0) is 31.5 Å². The quantitative estimate of drug-likeness (QED) is 0.354. The van der Waals surface area contributed by atoms with Crippen molar-refractivity contribution >= 4 is 29.0 Å². The number of benzene rings is 2. The minimum Gasteiger partial charge on any atom is -0.474 e. The number of benzodiazepines with no additional fused rings is 1. The van der Waals surface area contributed by atoms with Gasteiger partial charge in [0.05, 0.1) is 36.3 Å². The molecule has 2 aromatic heterocycles. The van der Waals surface area contributed by atoms with E-state index in [1.54, 1.807) is 23.0 Å². The van der Waals surface area contributed by atoms with Crippen LogP contribution in [0.3, 0.4) is 0 Å². The molecule has 2 saturated heterocycles. The molecule has 8 rings (SSSR count). The molecule has 6 heterocycles. The average Bonchev–Trinajstić information content (AvgIpc) is 3.77. The minimum atomic E-state index is -1.36. The zero-order valence-electron chi connectivity index (χ0n) is 24.4. The highest BCUT2D eigenvalue weighted by Crippen LogP contribution is 2.36. The number of anilines is 2. The van der Waals surface area contributed by atoms with Crippen LogP contribution >= 0.6 is 0 Å². The predicted molar refractivity (Wildman–Crippen MR) is 164 cm³/mol. The minimum absolute atomic E-state index is 0.00608. The summed E-state index contributed by atoms with van der Waals surface area (Å²) in [4.78, 5) is 39.2. The summed E-state index contributed by atoms with van der Waals surface area (Å²) in [7, 11) is 0. The van der Waals surface area contributed by atoms with Crippen LogP contribution in [0, 0.1) is 5.82 Å². The van der Waals surface area contributed by atoms with Gasteiger partial charge in [-0.1, -0.05) is 42.5 Å². The second-order valence-electron chi connectivity index (χ2n) is 11.7. The van der Waals surface area contributed by atoms with Crippen molar-refractivity contribution in [1.29, 1.82) is 0 Å². The molecule has 4 aliphatic rings. The monoisotopic (exact) mass is 607 g/mol. The summed E-state index contributed by atoms with van der Waals surface area (Å²) < 4.78 is 28.5. The number of nitrogens with one attached hydrogen (secondary N) is 2. The number of hydrogen-bond donors (Lipinski definition) is 2. The van der Waals surface area contributed by atoms with Gasteiger partial charge in [-0.2, -0.15) is 5.10 Å². The third-order valence-electron chi connectivity index (χ3n) is 8.75. The molecule has 4 atom stereocenters. The van der Waals surface area contributed by atoms with Crippen LogP contribution in [0.1, 0.15) is 41.3 Å². The van der Waals surface area contributed by atoms with Crippen LogP contribution in [-0.2, 0) is 16.1 Å². The van der Waals surface area contributed by atoms with E-state index in [1.165, 1.54) is 6.07 Å². The molecular formula is C33H30FN7O4. The van der Waals surface area contributed by atoms with Crippen molar-refractivity contribution in [2.45, 2.75) is 50.7 Å². The molecule has 228 valence electrons. The first-order valence-corrected chi connectivity index (χ1v) is 15.1. The number of hydrogen-bond acceptors (Lipinski definition) is 8. The Balaban J connectivity index is 1.15. The summed E-state index contributed by atoms with van der Waals surface area (Å²) in [6, 6.07) is 17.8. The Bertz CT molecular complexity index is 1840. The molecule has 0 spiro atoms. The van der Waals surface area contributed by atoms with Crippen LogP contribution in [0.4, 0.5) is 15.9 Å². The summed E-state index contributed by atoms with van der Waals surface area (Å²) in [6.07, 6.45) is 2.17. The van der Waals surface area contributed by atoms with Crippen LogP contribution in [0.15, 0.2) is 71.9 Å². The van der Waals surface area contributed by atoms with Crippen LogP contribution in [0.5, 0.6) is 5.88 Å². The molecule has 45 heavy (non-hydrogen) atoms. The second kappa shape index (κ2) is 10.8. The zero-order chi connectivity index (χ0) is 30.7. The molecule has 2 amide bonds. The third kappa shape index (κ3) is 4.81. The van der Waals surface area contributed by atoms with Gasteiger partial charge >= 0.3 is 0 Å². The van der Waals surface area contributed by atoms with Crippen LogP contribution < -0.4 is 20.3 Å². The first-order chi connectivity index (χ1) is 21.9. The fourth-order valence-corrected chi connectivity index (χ4v) is 6.47. The first kappa shape index (κ1) is 27.4. The molecule has 2 bridgehead atoms. The van der Waals surface area contributed by atoms with Gasteiger partial charge in [0.1, 0.15) is 22.9 Å². The summed E-state index contributed by atoms with van der Waals surface area (Å²) in [5.41, 5.74) is 2.67. The van der Waals surface area contributed by atoms with Crippen LogP contribution in [0.2, 0.25) is 0 Å². The molecule has 0 saturated carbocycles. The number of aliphatic imine (C=N–C) groups is 1. The van der Waals surface area contributed by atoms with Crippen LogP contribution in [0.25, 0.3) is 11.3 Å². The maximum atomic E-state index is 15.0. The van der Waals surface area contributed by atoms with Crippen molar-refractivity contribution in [3.05, 3.63) is 89.4 Å². The van der Waals surface area contributed by atoms with Crippen molar-refractivity contribution in [2.24, 2.45) is 4.99 Å². The summed E-state index contributed by atoms with van der Waals surface area (Å²) in [6.45, 7) is 4.00. The third-order valence-corrected chi connectivity index (χ3v) is 8.75. The molecule has 0 aliphatic carbocycles. The van der Waals surface area contributed by atoms with E-state index in [2.05, 4.69) is 20.5 Å². The number of ether oxygens (including phenoxy) is 2. The number of carbonyl (C=O) groups excluding carboxylic acids is 2. The molecule has 2 aromatic carbocycles. The van der Waals surface area contributed by atoms with E-state index >= 15 is 0 Å². The fraction of sp³-hybridized carbons (Fsp3) is 0.303. The maximum Gasteiger partial charge on any atom is 0.269 e. The van der Waals surface area contributed by atoms with Crippen molar-refractivity contribution in [1.82, 2.24) is 20.1 Å². The van der Waals surface area contributed by atoms with E-state index in [0.717, 1.165) is 25.2 Å². The van der Waals surface area contributed by atoms with E-state index in [1.807, 2.05) is 49.4 Å². The molecule has 11 nitrogen and oxygen atoms in total. The van der Waals surface area contributed by atoms with Gasteiger partial charge in [0.2, 0.25) is 12.0 Å². The van der Waals surface area contributed by atoms with Gasteiger partial charge < -0.3 is 25.0 Å². The number of carbonyl (C=O) groups is 2. The van der Waals surface area contributed by atoms with Crippen molar-refractivity contribution in [2.75, 3.05) is 23.4 Å². The highest BCUT2D eigenvalue weighted by Gasteiger charge is 2.40. The second-order valence-corrected chi connectivity index (χ2v) is 11.7. The van der Waals surface area contributed by atoms with Gasteiger partial charge in [-0.25, -0.2) is 19.0 Å². The van der Waals surface area contributed by atoms with E-state index in [4.69, 9.17) is 19.6 Å². The molecule has 0 radical (unpaired) electrons. The Hall–Kier alpha value is -5.10. The maximum absolute atomic E-state index is 15.0. The van der Waals surface area contributed by atoms with Crippen molar-refractivity contribution in [3.8, 4) is 17.1 Å². The summed E-state index contributed by atoms with van der Waals surface area (Å²) in [5.74, 6) is -0.709. The average molecular weight is 608 g/mol. The molecule has 2 N–H and O–H groups in total. The molecule has 4 aromatic rings. The largest absolute Gasteiger partial charge is 0.474 e. The lowest BCUT2D eigenvalue weighted by Crippen LogP contribution is -2.42. The lowest BCUT2D eigenvalue weighted by molar-refractivity contribution is -0.117. The van der Waals surface area contributed by atoms with Crippen molar-refractivity contribution in [3.63, 3.8) is 0 Å². The topological polar surface area (TPSA) is 123 Å². The van der Waals surface area contributed by atoms with E-state index in [-0.39, 0.29) is 23.5 Å². The first-order valence-electron chi connectivity index (χ1n) is 15.1. The summed E-state index contributed by atoms with van der Waals surface area (Å²) in [5, 5.41) is 10.2. The van der Waals surface area contributed by atoms with Gasteiger partial charge in [-0.3, -0.25) is 9.59 Å². The number of aromatic nitrogens is 3. The van der Waals surface area contributed by atoms with E-state index < -0.39 is 23.8 Å². The smallest absolute Gasteiger partial charge is 0.269 e. The number of para-hydroxylation sites is 1. The normalized spacial score (nSPS) is 23.4. The van der Waals surface area contributed by atoms with Crippen LogP contribution in [-0.4, -0.2) is 69.9 Å². The number of amides is 2. The SMILES string of the molecule is C[C@@H]1CCn2nc(-c3ccc(N4C[C@@H]5C[C@H]4CO5)nc3)c(C(=O)N[C@H]3N=C(c4ccccc4)c4cccc(F)c4NC3=O)c2O1. The van der Waals surface area contributed by atoms with E-state index in [0.29, 0.717) is 53.2 Å². The number of nitrogens with zero attached hydrogens (tertiary/aromatic N) is 5. The standard InChI is InChI=1S/C33H30FN7O4/c1-18-12-13-41-33(45-18)26(28(39-41)20-10-11-25(35-15-20)40-16-22-14-21(40)17-44-22)31(42)38-30-32(43)37-29-23(8-5-9-24(29)34)27(36-30)19-6-3-2-4-7-19/h2-11,15,18,21-22,30H,12-14,16-17H2,1H3,(H,37,43)(H,38,42)/t18-,21+,22+,30-/m1/s1. The fourth-order valence-electron chi connectivity index (χ4n) is 6.47. The Morgan fingerprint density at radius 3 is 2.71 bits per heavy atom. The Morgan fingerprint density at radius 2 is 1.96 bits per heavy atom. The lowest BCUT2D eigenvalue weighted by Gasteiger charge is -2.27. The number of aryl methyl sites for hydroxylation is 1. The number of pyridine rings is 1. The molecule has 12 heteroatoms. The highest BCUT2D eigenvalue weighted by molar-refractivity contribution is 6.20. The molecule has 4 aliphatic heterocycles. The van der Waals surface area contributed by atoms with Gasteiger partial charge in [0.15, 0.2) is 0 Å². The van der Waals surface area contributed by atoms with Gasteiger partial charge in [0.25, 0.3) is 11.8 Å². The van der Waals surface area contributed by atoms with E-state index in [9.17, 15) is 14.0 Å². The molecular weight excluding hydrogens is 577 g/mol. The Morgan fingerprint density at radius 1 is 1.09 bits per heavy atom. The van der Waals surface area contributed by atoms with Gasteiger partial charge in [0, 0.05) is 42.4 Å².